The standard InChI is InChI=1S/C13H20BrNO3S2/c1-9(15-19(16)13(2,3)4)11-7-6-10(8-12(11)14)20(5,17)18/h6-9,15H,1-5H3/t9-,19?/m0/s1. The molecule has 0 bridgehead atoms. The quantitative estimate of drug-likeness (QED) is 0.813. The van der Waals surface area contributed by atoms with Crippen LogP contribution in [0.15, 0.2) is 27.6 Å². The van der Waals surface area contributed by atoms with Crippen LogP contribution < -0.4 is 4.72 Å². The number of hydrogen-bond donors (Lipinski definition) is 1. The maximum absolute atomic E-state index is 12.1. The second-order valence-corrected chi connectivity index (χ2v) is 10.5. The largest absolute Gasteiger partial charge is 0.598 e. The summed E-state index contributed by atoms with van der Waals surface area (Å²) in [7, 11) is -3.22. The van der Waals surface area contributed by atoms with E-state index in [0.717, 1.165) is 5.56 Å². The van der Waals surface area contributed by atoms with Crippen LogP contribution in [0.5, 0.6) is 0 Å². The number of sulfone groups is 1. The van der Waals surface area contributed by atoms with Crippen LogP contribution in [0.1, 0.15) is 39.3 Å². The fourth-order valence-electron chi connectivity index (χ4n) is 1.49. The van der Waals surface area contributed by atoms with Crippen LogP contribution in [0.4, 0.5) is 0 Å². The predicted molar refractivity (Wildman–Crippen MR) is 86.7 cm³/mol. The van der Waals surface area contributed by atoms with Crippen molar-refractivity contribution >= 4 is 37.1 Å². The van der Waals surface area contributed by atoms with Crippen molar-refractivity contribution < 1.29 is 13.0 Å². The first kappa shape index (κ1) is 18.0. The van der Waals surface area contributed by atoms with Gasteiger partial charge < -0.3 is 4.55 Å². The molecule has 0 amide bonds. The van der Waals surface area contributed by atoms with E-state index < -0.39 is 21.2 Å². The van der Waals surface area contributed by atoms with Gasteiger partial charge in [0, 0.05) is 22.1 Å². The number of nitrogens with one attached hydrogen (secondary N) is 1. The maximum Gasteiger partial charge on any atom is 0.175 e. The normalized spacial score (nSPS) is 15.9. The van der Waals surface area contributed by atoms with E-state index in [-0.39, 0.29) is 15.7 Å². The summed E-state index contributed by atoms with van der Waals surface area (Å²) >= 11 is 2.19. The van der Waals surface area contributed by atoms with Gasteiger partial charge in [-0.1, -0.05) is 22.0 Å². The molecule has 1 unspecified atom stereocenters. The second kappa shape index (κ2) is 6.36. The molecule has 4 nitrogen and oxygen atoms in total. The van der Waals surface area contributed by atoms with E-state index in [0.29, 0.717) is 4.47 Å². The van der Waals surface area contributed by atoms with Gasteiger partial charge in [0.1, 0.15) is 4.75 Å². The Balaban J connectivity index is 2.98. The lowest BCUT2D eigenvalue weighted by molar-refractivity contribution is 0.531. The van der Waals surface area contributed by atoms with Crippen LogP contribution >= 0.6 is 15.9 Å². The van der Waals surface area contributed by atoms with Crippen molar-refractivity contribution in [3.8, 4) is 0 Å². The fraction of sp³-hybridized carbons (Fsp3) is 0.538. The molecule has 0 saturated heterocycles. The molecular formula is C13H20BrNO3S2. The monoisotopic (exact) mass is 381 g/mol. The third kappa shape index (κ3) is 4.73. The topological polar surface area (TPSA) is 69.2 Å². The highest BCUT2D eigenvalue weighted by molar-refractivity contribution is 9.10. The van der Waals surface area contributed by atoms with Crippen molar-refractivity contribution in [3.05, 3.63) is 28.2 Å². The summed E-state index contributed by atoms with van der Waals surface area (Å²) < 4.78 is 38.4. The van der Waals surface area contributed by atoms with Crippen molar-refractivity contribution in [2.75, 3.05) is 6.26 Å². The summed E-state index contributed by atoms with van der Waals surface area (Å²) in [6.45, 7) is 7.57. The predicted octanol–water partition coefficient (Wildman–Crippen LogP) is 2.97. The lowest BCUT2D eigenvalue weighted by Gasteiger charge is -2.27. The van der Waals surface area contributed by atoms with Crippen LogP contribution in [0.3, 0.4) is 0 Å². The van der Waals surface area contributed by atoms with Gasteiger partial charge in [0.15, 0.2) is 9.84 Å². The van der Waals surface area contributed by atoms with E-state index in [1.165, 1.54) is 6.26 Å². The first-order valence-corrected chi connectivity index (χ1v) is 9.94. The molecule has 0 aromatic heterocycles. The lowest BCUT2D eigenvalue weighted by Crippen LogP contribution is -2.40. The molecule has 7 heteroatoms. The number of halogens is 1. The average Bonchev–Trinajstić information content (AvgIpc) is 2.25. The maximum atomic E-state index is 12.1. The van der Waals surface area contributed by atoms with E-state index >= 15 is 0 Å². The van der Waals surface area contributed by atoms with Gasteiger partial charge in [0.05, 0.1) is 10.9 Å². The molecule has 1 rings (SSSR count). The Labute approximate surface area is 132 Å². The zero-order valence-corrected chi connectivity index (χ0v) is 15.4. The Morgan fingerprint density at radius 1 is 1.35 bits per heavy atom. The lowest BCUT2D eigenvalue weighted by atomic mass is 10.1. The molecule has 20 heavy (non-hydrogen) atoms. The van der Waals surface area contributed by atoms with Crippen molar-refractivity contribution in [3.63, 3.8) is 0 Å². The molecule has 0 aliphatic carbocycles. The van der Waals surface area contributed by atoms with Crippen molar-refractivity contribution in [2.24, 2.45) is 0 Å². The van der Waals surface area contributed by atoms with Crippen LogP contribution in [0.2, 0.25) is 0 Å². The van der Waals surface area contributed by atoms with Crippen LogP contribution in [0.25, 0.3) is 0 Å². The zero-order chi connectivity index (χ0) is 15.7. The molecule has 1 aromatic rings. The summed E-state index contributed by atoms with van der Waals surface area (Å²) in [5.74, 6) is 0. The van der Waals surface area contributed by atoms with Crippen molar-refractivity contribution in [1.82, 2.24) is 4.72 Å². The molecule has 1 N–H and O–H groups in total. The molecule has 0 saturated carbocycles. The summed E-state index contributed by atoms with van der Waals surface area (Å²) in [5.41, 5.74) is 0.870. The van der Waals surface area contributed by atoms with Gasteiger partial charge in [-0.15, -0.1) is 4.72 Å². The second-order valence-electron chi connectivity index (χ2n) is 5.68. The number of hydrogen-bond acceptors (Lipinski definition) is 4. The Morgan fingerprint density at radius 2 is 1.90 bits per heavy atom. The van der Waals surface area contributed by atoms with Gasteiger partial charge in [0.2, 0.25) is 0 Å². The van der Waals surface area contributed by atoms with Gasteiger partial charge in [-0.3, -0.25) is 0 Å². The van der Waals surface area contributed by atoms with E-state index in [1.807, 2.05) is 27.7 Å². The van der Waals surface area contributed by atoms with Gasteiger partial charge in [-0.25, -0.2) is 8.42 Å². The summed E-state index contributed by atoms with van der Waals surface area (Å²) in [4.78, 5) is 0.261. The smallest absolute Gasteiger partial charge is 0.175 e. The number of benzene rings is 1. The van der Waals surface area contributed by atoms with E-state index in [1.54, 1.807) is 18.2 Å². The molecule has 114 valence electrons. The third-order valence-corrected chi connectivity index (χ3v) is 6.18. The minimum atomic E-state index is -3.22. The molecule has 0 fully saturated rings. The molecule has 1 aromatic carbocycles. The van der Waals surface area contributed by atoms with Crippen molar-refractivity contribution in [1.29, 1.82) is 0 Å². The molecule has 0 aliphatic rings. The Morgan fingerprint density at radius 3 is 2.30 bits per heavy atom. The average molecular weight is 382 g/mol. The minimum absolute atomic E-state index is 0.155. The molecule has 0 aliphatic heterocycles. The van der Waals surface area contributed by atoms with Gasteiger partial charge >= 0.3 is 0 Å². The molecule has 0 spiro atoms. The molecular weight excluding hydrogens is 362 g/mol. The van der Waals surface area contributed by atoms with E-state index in [4.69, 9.17) is 0 Å². The summed E-state index contributed by atoms with van der Waals surface area (Å²) in [6, 6.07) is 4.71. The highest BCUT2D eigenvalue weighted by Gasteiger charge is 2.28. The number of rotatable bonds is 4. The third-order valence-electron chi connectivity index (χ3n) is 2.71. The van der Waals surface area contributed by atoms with Crippen molar-refractivity contribution in [2.45, 2.75) is 43.4 Å². The minimum Gasteiger partial charge on any atom is -0.598 e. The van der Waals surface area contributed by atoms with E-state index in [2.05, 4.69) is 20.7 Å². The highest BCUT2D eigenvalue weighted by Crippen LogP contribution is 2.28. The SMILES string of the molecule is C[C@H](N[S+]([O-])C(C)(C)C)c1ccc(S(C)(=O)=O)cc1Br. The zero-order valence-electron chi connectivity index (χ0n) is 12.2. The van der Waals surface area contributed by atoms with Gasteiger partial charge in [0.25, 0.3) is 0 Å². The fourth-order valence-corrected chi connectivity index (χ4v) is 3.81. The first-order chi connectivity index (χ1) is 8.93. The van der Waals surface area contributed by atoms with E-state index in [9.17, 15) is 13.0 Å². The van der Waals surface area contributed by atoms with Gasteiger partial charge in [-0.05, 0) is 45.4 Å². The van der Waals surface area contributed by atoms with Crippen LogP contribution in [0, 0.1) is 0 Å². The molecule has 0 radical (unpaired) electrons. The highest BCUT2D eigenvalue weighted by atomic mass is 79.9. The Bertz CT molecular complexity index is 582. The van der Waals surface area contributed by atoms with Crippen LogP contribution in [-0.4, -0.2) is 24.0 Å². The Hall–Kier alpha value is -0.0800. The Kier molecular flexibility index (Phi) is 5.71. The first-order valence-electron chi connectivity index (χ1n) is 6.10. The van der Waals surface area contributed by atoms with Gasteiger partial charge in [-0.2, -0.15) is 0 Å². The molecule has 0 heterocycles. The molecule has 2 atom stereocenters. The van der Waals surface area contributed by atoms with Crippen LogP contribution in [-0.2, 0) is 21.2 Å². The summed E-state index contributed by atoms with van der Waals surface area (Å²) in [5, 5.41) is 0. The summed E-state index contributed by atoms with van der Waals surface area (Å²) in [6.07, 6.45) is 1.17.